The minimum Gasteiger partial charge on any atom is -0.481 e. The molecule has 0 radical (unpaired) electrons. The normalized spacial score (nSPS) is 12.1. The third kappa shape index (κ3) is 3.91. The molecule has 0 fully saturated rings. The predicted molar refractivity (Wildman–Crippen MR) is 68.5 cm³/mol. The van der Waals surface area contributed by atoms with Crippen molar-refractivity contribution in [3.63, 3.8) is 0 Å². The molecule has 0 aliphatic carbocycles. The third-order valence-electron chi connectivity index (χ3n) is 2.92. The first kappa shape index (κ1) is 14.3. The van der Waals surface area contributed by atoms with E-state index in [9.17, 15) is 9.59 Å². The number of aromatic nitrogens is 1. The number of nitrogens with one attached hydrogen (secondary N) is 1. The smallest absolute Gasteiger partial charge is 0.306 e. The second kappa shape index (κ2) is 6.83. The van der Waals surface area contributed by atoms with Gasteiger partial charge in [-0.1, -0.05) is 6.92 Å². The first-order valence-electron chi connectivity index (χ1n) is 6.22. The van der Waals surface area contributed by atoms with Gasteiger partial charge in [-0.15, -0.1) is 0 Å². The van der Waals surface area contributed by atoms with Crippen LogP contribution in [0, 0.1) is 5.92 Å². The van der Waals surface area contributed by atoms with Crippen LogP contribution in [0.2, 0.25) is 0 Å². The molecule has 0 saturated carbocycles. The Morgan fingerprint density at radius 2 is 2.22 bits per heavy atom. The average Bonchev–Trinajstić information content (AvgIpc) is 2.82. The summed E-state index contributed by atoms with van der Waals surface area (Å²) in [6.45, 7) is 4.91. The molecule has 1 heterocycles. The molecule has 0 aliphatic heterocycles. The molecule has 0 saturated heterocycles. The van der Waals surface area contributed by atoms with Gasteiger partial charge < -0.3 is 15.0 Å². The van der Waals surface area contributed by atoms with Gasteiger partial charge in [0, 0.05) is 19.3 Å². The number of carbonyl (C=O) groups excluding carboxylic acids is 1. The monoisotopic (exact) mass is 252 g/mol. The Bertz CT molecular complexity index is 412. The summed E-state index contributed by atoms with van der Waals surface area (Å²) in [6.07, 6.45) is 3.11. The molecule has 1 aromatic rings. The second-order valence-corrected chi connectivity index (χ2v) is 4.32. The molecular formula is C13H20N2O3. The second-order valence-electron chi connectivity index (χ2n) is 4.32. The maximum Gasteiger partial charge on any atom is 0.306 e. The minimum atomic E-state index is -0.791. The zero-order valence-corrected chi connectivity index (χ0v) is 10.8. The van der Waals surface area contributed by atoms with E-state index in [0.717, 1.165) is 6.54 Å². The van der Waals surface area contributed by atoms with Gasteiger partial charge >= 0.3 is 5.97 Å². The van der Waals surface area contributed by atoms with Crippen LogP contribution >= 0.6 is 0 Å². The Morgan fingerprint density at radius 1 is 1.50 bits per heavy atom. The largest absolute Gasteiger partial charge is 0.481 e. The highest BCUT2D eigenvalue weighted by Crippen LogP contribution is 2.05. The average molecular weight is 252 g/mol. The van der Waals surface area contributed by atoms with E-state index in [1.165, 1.54) is 0 Å². The fourth-order valence-electron chi connectivity index (χ4n) is 1.72. The number of carboxylic acids is 1. The summed E-state index contributed by atoms with van der Waals surface area (Å²) in [5.74, 6) is -1.26. The molecule has 0 bridgehead atoms. The number of amides is 1. The fourth-order valence-corrected chi connectivity index (χ4v) is 1.72. The number of carbonyl (C=O) groups is 2. The summed E-state index contributed by atoms with van der Waals surface area (Å²) >= 11 is 0. The minimum absolute atomic E-state index is 0.107. The van der Waals surface area contributed by atoms with Gasteiger partial charge in [-0.3, -0.25) is 9.59 Å². The number of aliphatic carboxylic acids is 1. The molecule has 2 N–H and O–H groups in total. The Hall–Kier alpha value is -1.78. The Kier molecular flexibility index (Phi) is 5.42. The SMILES string of the molecule is CCn1cccc1C(=O)NCCCC(C)C(=O)O. The first-order valence-corrected chi connectivity index (χ1v) is 6.22. The van der Waals surface area contributed by atoms with E-state index in [4.69, 9.17) is 5.11 Å². The summed E-state index contributed by atoms with van der Waals surface area (Å²) in [5, 5.41) is 11.5. The molecule has 18 heavy (non-hydrogen) atoms. The Morgan fingerprint density at radius 3 is 2.83 bits per heavy atom. The van der Waals surface area contributed by atoms with Crippen molar-refractivity contribution in [3.8, 4) is 0 Å². The number of nitrogens with zero attached hydrogens (tertiary/aromatic N) is 1. The van der Waals surface area contributed by atoms with E-state index in [0.29, 0.717) is 25.1 Å². The third-order valence-corrected chi connectivity index (χ3v) is 2.92. The molecule has 5 nitrogen and oxygen atoms in total. The van der Waals surface area contributed by atoms with Crippen LogP contribution in [0.4, 0.5) is 0 Å². The van der Waals surface area contributed by atoms with Crippen LogP contribution < -0.4 is 5.32 Å². The molecule has 1 amide bonds. The van der Waals surface area contributed by atoms with Crippen molar-refractivity contribution >= 4 is 11.9 Å². The van der Waals surface area contributed by atoms with Gasteiger partial charge in [0.15, 0.2) is 0 Å². The highest BCUT2D eigenvalue weighted by atomic mass is 16.4. The van der Waals surface area contributed by atoms with Gasteiger partial charge in [0.25, 0.3) is 5.91 Å². The van der Waals surface area contributed by atoms with Crippen molar-refractivity contribution in [2.45, 2.75) is 33.2 Å². The fraction of sp³-hybridized carbons (Fsp3) is 0.538. The number of rotatable bonds is 7. The van der Waals surface area contributed by atoms with Crippen LogP contribution in [0.25, 0.3) is 0 Å². The van der Waals surface area contributed by atoms with Crippen LogP contribution in [0.5, 0.6) is 0 Å². The number of hydrogen-bond donors (Lipinski definition) is 2. The van der Waals surface area contributed by atoms with Crippen molar-refractivity contribution in [2.24, 2.45) is 5.92 Å². The van der Waals surface area contributed by atoms with Crippen molar-refractivity contribution in [1.29, 1.82) is 0 Å². The summed E-state index contributed by atoms with van der Waals surface area (Å²) in [5.41, 5.74) is 0.642. The van der Waals surface area contributed by atoms with Gasteiger partial charge in [-0.05, 0) is 31.9 Å². The van der Waals surface area contributed by atoms with E-state index >= 15 is 0 Å². The van der Waals surface area contributed by atoms with Gasteiger partial charge in [-0.25, -0.2) is 0 Å². The van der Waals surface area contributed by atoms with Crippen LogP contribution in [0.3, 0.4) is 0 Å². The number of aryl methyl sites for hydroxylation is 1. The zero-order valence-electron chi connectivity index (χ0n) is 10.8. The quantitative estimate of drug-likeness (QED) is 0.726. The van der Waals surface area contributed by atoms with Crippen molar-refractivity contribution in [1.82, 2.24) is 9.88 Å². The maximum absolute atomic E-state index is 11.8. The molecule has 1 unspecified atom stereocenters. The van der Waals surface area contributed by atoms with Gasteiger partial charge in [0.2, 0.25) is 0 Å². The lowest BCUT2D eigenvalue weighted by Gasteiger charge is -2.09. The van der Waals surface area contributed by atoms with E-state index in [1.54, 1.807) is 13.0 Å². The number of hydrogen-bond acceptors (Lipinski definition) is 2. The zero-order chi connectivity index (χ0) is 13.5. The predicted octanol–water partition coefficient (Wildman–Crippen LogP) is 1.74. The molecule has 1 aromatic heterocycles. The molecule has 0 aliphatic rings. The molecule has 1 atom stereocenters. The van der Waals surface area contributed by atoms with Crippen LogP contribution in [-0.4, -0.2) is 28.1 Å². The van der Waals surface area contributed by atoms with Gasteiger partial charge in [0.05, 0.1) is 5.92 Å². The van der Waals surface area contributed by atoms with Gasteiger partial charge in [-0.2, -0.15) is 0 Å². The molecular weight excluding hydrogens is 232 g/mol. The van der Waals surface area contributed by atoms with E-state index in [-0.39, 0.29) is 11.8 Å². The Balaban J connectivity index is 2.32. The van der Waals surface area contributed by atoms with Crippen LogP contribution in [0.1, 0.15) is 37.2 Å². The van der Waals surface area contributed by atoms with E-state index < -0.39 is 5.97 Å². The van der Waals surface area contributed by atoms with Crippen molar-refractivity contribution < 1.29 is 14.7 Å². The Labute approximate surface area is 107 Å². The highest BCUT2D eigenvalue weighted by Gasteiger charge is 2.11. The lowest BCUT2D eigenvalue weighted by Crippen LogP contribution is -2.27. The van der Waals surface area contributed by atoms with Crippen molar-refractivity contribution in [2.75, 3.05) is 6.54 Å². The van der Waals surface area contributed by atoms with Gasteiger partial charge in [0.1, 0.15) is 5.69 Å². The molecule has 0 spiro atoms. The molecule has 1 rings (SSSR count). The molecule has 100 valence electrons. The lowest BCUT2D eigenvalue weighted by molar-refractivity contribution is -0.141. The molecule has 0 aromatic carbocycles. The maximum atomic E-state index is 11.8. The summed E-state index contributed by atoms with van der Waals surface area (Å²) in [6, 6.07) is 3.61. The summed E-state index contributed by atoms with van der Waals surface area (Å²) < 4.78 is 1.87. The summed E-state index contributed by atoms with van der Waals surface area (Å²) in [7, 11) is 0. The first-order chi connectivity index (χ1) is 8.56. The van der Waals surface area contributed by atoms with E-state index in [2.05, 4.69) is 5.32 Å². The molecule has 5 heteroatoms. The lowest BCUT2D eigenvalue weighted by atomic mass is 10.1. The van der Waals surface area contributed by atoms with Crippen LogP contribution in [-0.2, 0) is 11.3 Å². The highest BCUT2D eigenvalue weighted by molar-refractivity contribution is 5.92. The summed E-state index contributed by atoms with van der Waals surface area (Å²) in [4.78, 5) is 22.4. The standard InChI is InChI=1S/C13H20N2O3/c1-3-15-9-5-7-11(15)12(16)14-8-4-6-10(2)13(17)18/h5,7,9-10H,3-4,6,8H2,1-2H3,(H,14,16)(H,17,18). The number of carboxylic acid groups (broad SMARTS) is 1. The topological polar surface area (TPSA) is 71.3 Å². The van der Waals surface area contributed by atoms with Crippen LogP contribution in [0.15, 0.2) is 18.3 Å². The van der Waals surface area contributed by atoms with E-state index in [1.807, 2.05) is 23.8 Å². The van der Waals surface area contributed by atoms with Crippen molar-refractivity contribution in [3.05, 3.63) is 24.0 Å².